The van der Waals surface area contributed by atoms with Crippen LogP contribution in [0.4, 0.5) is 0 Å². The molecule has 0 unspecified atom stereocenters. The topological polar surface area (TPSA) is 88.2 Å². The number of guanidine groups is 1. The van der Waals surface area contributed by atoms with E-state index in [1.54, 1.807) is 18.3 Å². The van der Waals surface area contributed by atoms with Crippen LogP contribution in [0.5, 0.6) is 0 Å². The number of aryl methyl sites for hydroxylation is 2. The van der Waals surface area contributed by atoms with Gasteiger partial charge in [0.05, 0.1) is 5.01 Å². The summed E-state index contributed by atoms with van der Waals surface area (Å²) >= 11 is 1.77. The minimum Gasteiger partial charge on any atom is -0.357 e. The first kappa shape index (κ1) is 19.8. The van der Waals surface area contributed by atoms with Gasteiger partial charge in [-0.25, -0.2) is 9.98 Å². The number of aliphatic imine (C=N–C) groups is 1. The van der Waals surface area contributed by atoms with Gasteiger partial charge in [-0.15, -0.1) is 35.3 Å². The monoisotopic (exact) mass is 450 g/mol. The normalized spacial score (nSPS) is 11.2. The third kappa shape index (κ3) is 6.81. The van der Waals surface area contributed by atoms with Gasteiger partial charge >= 0.3 is 0 Å². The lowest BCUT2D eigenvalue weighted by molar-refractivity contribution is 0.376. The Hall–Kier alpha value is -1.23. The van der Waals surface area contributed by atoms with Gasteiger partial charge in [0.25, 0.3) is 0 Å². The Morgan fingerprint density at radius 1 is 1.35 bits per heavy atom. The molecule has 0 saturated carbocycles. The zero-order valence-electron chi connectivity index (χ0n) is 13.6. The maximum Gasteiger partial charge on any atom is 0.248 e. The second kappa shape index (κ2) is 10.5. The van der Waals surface area contributed by atoms with E-state index in [-0.39, 0.29) is 24.0 Å². The second-order valence-corrected chi connectivity index (χ2v) is 5.88. The highest BCUT2D eigenvalue weighted by molar-refractivity contribution is 14.0. The molecule has 2 rings (SSSR count). The predicted octanol–water partition coefficient (Wildman–Crippen LogP) is 2.31. The smallest absolute Gasteiger partial charge is 0.248 e. The molecule has 2 aromatic rings. The van der Waals surface area contributed by atoms with E-state index in [1.165, 1.54) is 4.88 Å². The van der Waals surface area contributed by atoms with E-state index >= 15 is 0 Å². The van der Waals surface area contributed by atoms with Gasteiger partial charge < -0.3 is 15.2 Å². The third-order valence-corrected chi connectivity index (χ3v) is 4.07. The number of nitrogens with zero attached hydrogens (tertiary/aromatic N) is 4. The van der Waals surface area contributed by atoms with E-state index in [0.29, 0.717) is 18.3 Å². The van der Waals surface area contributed by atoms with Crippen LogP contribution in [0.25, 0.3) is 0 Å². The van der Waals surface area contributed by atoms with Crippen LogP contribution in [-0.4, -0.2) is 34.2 Å². The summed E-state index contributed by atoms with van der Waals surface area (Å²) in [6.07, 6.45) is 3.88. The number of rotatable bonds is 7. The molecule has 7 nitrogen and oxygen atoms in total. The zero-order valence-corrected chi connectivity index (χ0v) is 16.8. The standard InChI is InChI=1S/C14H22N6OS.HI/c1-4-11-8-17-13(22-11)6-7-16-14(15-5-2)18-9-12-19-10(3)20-21-12;/h8H,4-7,9H2,1-3H3,(H2,15,16,18);1H. The molecular weight excluding hydrogens is 427 g/mol. The molecule has 0 aliphatic rings. The maximum atomic E-state index is 5.05. The highest BCUT2D eigenvalue weighted by Crippen LogP contribution is 2.13. The molecule has 0 fully saturated rings. The molecule has 2 N–H and O–H groups in total. The Bertz CT molecular complexity index is 612. The molecule has 23 heavy (non-hydrogen) atoms. The molecule has 2 aromatic heterocycles. The Morgan fingerprint density at radius 2 is 2.17 bits per heavy atom. The van der Waals surface area contributed by atoms with Crippen molar-refractivity contribution in [1.29, 1.82) is 0 Å². The summed E-state index contributed by atoms with van der Waals surface area (Å²) < 4.78 is 5.05. The molecule has 9 heteroatoms. The maximum absolute atomic E-state index is 5.05. The number of halogens is 1. The van der Waals surface area contributed by atoms with Crippen LogP contribution in [-0.2, 0) is 19.4 Å². The Balaban J connectivity index is 0.00000264. The molecule has 0 atom stereocenters. The number of aromatic nitrogens is 3. The third-order valence-electron chi connectivity index (χ3n) is 2.87. The van der Waals surface area contributed by atoms with Crippen LogP contribution < -0.4 is 10.6 Å². The number of hydrogen-bond donors (Lipinski definition) is 2. The first-order valence-electron chi connectivity index (χ1n) is 7.46. The molecule has 2 heterocycles. The van der Waals surface area contributed by atoms with Gasteiger partial charge in [0, 0.05) is 30.6 Å². The van der Waals surface area contributed by atoms with Crippen molar-refractivity contribution in [3.05, 3.63) is 27.8 Å². The summed E-state index contributed by atoms with van der Waals surface area (Å²) in [7, 11) is 0. The largest absolute Gasteiger partial charge is 0.357 e. The summed E-state index contributed by atoms with van der Waals surface area (Å²) in [6, 6.07) is 0. The second-order valence-electron chi connectivity index (χ2n) is 4.68. The molecule has 0 spiro atoms. The van der Waals surface area contributed by atoms with Crippen LogP contribution in [0.1, 0.15) is 35.4 Å². The molecule has 0 aliphatic heterocycles. The quantitative estimate of drug-likeness (QED) is 0.383. The number of nitrogens with one attached hydrogen (secondary N) is 2. The lowest BCUT2D eigenvalue weighted by Crippen LogP contribution is -2.38. The average molecular weight is 450 g/mol. The highest BCUT2D eigenvalue weighted by atomic mass is 127. The lowest BCUT2D eigenvalue weighted by atomic mass is 10.4. The van der Waals surface area contributed by atoms with Crippen LogP contribution in [0, 0.1) is 6.92 Å². The summed E-state index contributed by atoms with van der Waals surface area (Å²) in [5.74, 6) is 1.88. The van der Waals surface area contributed by atoms with E-state index in [2.05, 4.69) is 37.7 Å². The highest BCUT2D eigenvalue weighted by Gasteiger charge is 2.04. The van der Waals surface area contributed by atoms with Crippen LogP contribution in [0.2, 0.25) is 0 Å². The van der Waals surface area contributed by atoms with Crippen LogP contribution >= 0.6 is 35.3 Å². The molecule has 0 amide bonds. The van der Waals surface area contributed by atoms with Crippen molar-refractivity contribution in [2.75, 3.05) is 13.1 Å². The van der Waals surface area contributed by atoms with Crippen molar-refractivity contribution in [3.8, 4) is 0 Å². The summed E-state index contributed by atoms with van der Waals surface area (Å²) in [5.41, 5.74) is 0. The van der Waals surface area contributed by atoms with Gasteiger partial charge in [-0.05, 0) is 20.3 Å². The molecule has 0 aromatic carbocycles. The van der Waals surface area contributed by atoms with Crippen molar-refractivity contribution in [2.24, 2.45) is 4.99 Å². The van der Waals surface area contributed by atoms with E-state index in [4.69, 9.17) is 4.52 Å². The molecule has 0 bridgehead atoms. The fourth-order valence-corrected chi connectivity index (χ4v) is 2.67. The first-order valence-corrected chi connectivity index (χ1v) is 8.27. The number of thiazole rings is 1. The fourth-order valence-electron chi connectivity index (χ4n) is 1.81. The summed E-state index contributed by atoms with van der Waals surface area (Å²) in [4.78, 5) is 14.3. The van der Waals surface area contributed by atoms with Gasteiger partial charge in [0.1, 0.15) is 6.54 Å². The van der Waals surface area contributed by atoms with Gasteiger partial charge in [-0.2, -0.15) is 4.98 Å². The molecule has 0 radical (unpaired) electrons. The van der Waals surface area contributed by atoms with Gasteiger partial charge in [-0.3, -0.25) is 0 Å². The Labute approximate surface area is 157 Å². The van der Waals surface area contributed by atoms with E-state index < -0.39 is 0 Å². The van der Waals surface area contributed by atoms with Gasteiger partial charge in [-0.1, -0.05) is 12.1 Å². The van der Waals surface area contributed by atoms with Gasteiger partial charge in [0.2, 0.25) is 5.89 Å². The zero-order chi connectivity index (χ0) is 15.8. The average Bonchev–Trinajstić information content (AvgIpc) is 3.13. The fraction of sp³-hybridized carbons (Fsp3) is 0.571. The number of hydrogen-bond acceptors (Lipinski definition) is 6. The predicted molar refractivity (Wildman–Crippen MR) is 102 cm³/mol. The molecule has 0 aliphatic carbocycles. The Morgan fingerprint density at radius 3 is 2.78 bits per heavy atom. The summed E-state index contributed by atoms with van der Waals surface area (Å²) in [5, 5.41) is 11.4. The molecule has 0 saturated heterocycles. The molecule has 128 valence electrons. The summed E-state index contributed by atoms with van der Waals surface area (Å²) in [6.45, 7) is 7.91. The minimum atomic E-state index is 0. The first-order chi connectivity index (χ1) is 10.7. The SMILES string of the molecule is CCNC(=NCc1nc(C)no1)NCCc1ncc(CC)s1.I. The van der Waals surface area contributed by atoms with Crippen molar-refractivity contribution >= 4 is 41.3 Å². The Kier molecular flexibility index (Phi) is 9.07. The van der Waals surface area contributed by atoms with E-state index in [0.717, 1.165) is 36.9 Å². The minimum absolute atomic E-state index is 0. The van der Waals surface area contributed by atoms with Crippen LogP contribution in [0.3, 0.4) is 0 Å². The van der Waals surface area contributed by atoms with Crippen molar-refractivity contribution in [2.45, 2.75) is 40.2 Å². The van der Waals surface area contributed by atoms with Crippen LogP contribution in [0.15, 0.2) is 15.7 Å². The lowest BCUT2D eigenvalue weighted by Gasteiger charge is -2.09. The van der Waals surface area contributed by atoms with Crippen molar-refractivity contribution in [3.63, 3.8) is 0 Å². The van der Waals surface area contributed by atoms with Crippen molar-refractivity contribution < 1.29 is 4.52 Å². The van der Waals surface area contributed by atoms with E-state index in [9.17, 15) is 0 Å². The van der Waals surface area contributed by atoms with Crippen molar-refractivity contribution in [1.82, 2.24) is 25.8 Å². The van der Waals surface area contributed by atoms with E-state index in [1.807, 2.05) is 13.1 Å². The van der Waals surface area contributed by atoms with Gasteiger partial charge in [0.15, 0.2) is 11.8 Å². The molecular formula is C14H23IN6OS.